The molecule has 4 unspecified atom stereocenters. The van der Waals surface area contributed by atoms with Crippen LogP contribution in [0.3, 0.4) is 0 Å². The van der Waals surface area contributed by atoms with Gasteiger partial charge in [-0.25, -0.2) is 0 Å². The van der Waals surface area contributed by atoms with Crippen LogP contribution in [-0.2, 0) is 4.74 Å². The second-order valence-corrected chi connectivity index (χ2v) is 6.56. The number of rotatable bonds is 5. The van der Waals surface area contributed by atoms with E-state index in [9.17, 15) is 0 Å². The second kappa shape index (κ2) is 8.89. The van der Waals surface area contributed by atoms with Crippen LogP contribution in [0.5, 0.6) is 5.75 Å². The second-order valence-electron chi connectivity index (χ2n) is 6.56. The van der Waals surface area contributed by atoms with Crippen LogP contribution in [0.2, 0.25) is 0 Å². The van der Waals surface area contributed by atoms with Crippen molar-refractivity contribution in [2.75, 3.05) is 13.6 Å². The average molecular weight is 445 g/mol. The highest BCUT2D eigenvalue weighted by molar-refractivity contribution is 14.0. The van der Waals surface area contributed by atoms with Crippen LogP contribution in [0.1, 0.15) is 31.7 Å². The van der Waals surface area contributed by atoms with E-state index in [4.69, 9.17) is 9.47 Å². The molecule has 0 amide bonds. The Bertz CT molecular complexity index is 550. The van der Waals surface area contributed by atoms with E-state index in [1.807, 2.05) is 12.1 Å². The zero-order valence-electron chi connectivity index (χ0n) is 14.6. The van der Waals surface area contributed by atoms with Crippen molar-refractivity contribution in [1.29, 1.82) is 0 Å². The van der Waals surface area contributed by atoms with Crippen molar-refractivity contribution in [2.45, 2.75) is 57.5 Å². The van der Waals surface area contributed by atoms with E-state index >= 15 is 0 Å². The summed E-state index contributed by atoms with van der Waals surface area (Å²) in [7, 11) is 1.80. The number of halogens is 1. The molecule has 0 saturated carbocycles. The first-order chi connectivity index (χ1) is 11.1. The number of guanidine groups is 1. The van der Waals surface area contributed by atoms with Crippen molar-refractivity contribution < 1.29 is 9.47 Å². The van der Waals surface area contributed by atoms with E-state index in [0.29, 0.717) is 24.8 Å². The molecule has 0 aliphatic carbocycles. The zero-order valence-corrected chi connectivity index (χ0v) is 16.9. The van der Waals surface area contributed by atoms with Gasteiger partial charge in [-0.1, -0.05) is 17.7 Å². The van der Waals surface area contributed by atoms with Crippen molar-refractivity contribution in [3.63, 3.8) is 0 Å². The molecule has 2 bridgehead atoms. The molecule has 24 heavy (non-hydrogen) atoms. The molecule has 0 spiro atoms. The average Bonchev–Trinajstić information content (AvgIpc) is 3.16. The van der Waals surface area contributed by atoms with Gasteiger partial charge in [-0.05, 0) is 45.2 Å². The molecule has 4 atom stereocenters. The molecule has 1 aromatic rings. The first-order valence-electron chi connectivity index (χ1n) is 8.50. The molecule has 2 fully saturated rings. The largest absolute Gasteiger partial charge is 0.489 e. The summed E-state index contributed by atoms with van der Waals surface area (Å²) in [5, 5.41) is 6.83. The quantitative estimate of drug-likeness (QED) is 0.416. The molecule has 2 aliphatic heterocycles. The molecule has 0 radical (unpaired) electrons. The van der Waals surface area contributed by atoms with Crippen LogP contribution < -0.4 is 15.4 Å². The molecule has 1 aromatic carbocycles. The van der Waals surface area contributed by atoms with Gasteiger partial charge in [0.05, 0.1) is 24.8 Å². The van der Waals surface area contributed by atoms with Crippen LogP contribution in [0.15, 0.2) is 29.3 Å². The summed E-state index contributed by atoms with van der Waals surface area (Å²) in [4.78, 5) is 4.31. The summed E-state index contributed by atoms with van der Waals surface area (Å²) in [5.41, 5.74) is 1.24. The summed E-state index contributed by atoms with van der Waals surface area (Å²) in [6.45, 7) is 4.83. The maximum absolute atomic E-state index is 5.91. The minimum Gasteiger partial charge on any atom is -0.489 e. The number of benzene rings is 1. The Hall–Kier alpha value is -1.02. The lowest BCUT2D eigenvalue weighted by Crippen LogP contribution is -2.49. The van der Waals surface area contributed by atoms with E-state index in [0.717, 1.165) is 24.6 Å². The van der Waals surface area contributed by atoms with Crippen molar-refractivity contribution in [3.8, 4) is 5.75 Å². The number of hydrogen-bond donors (Lipinski definition) is 2. The summed E-state index contributed by atoms with van der Waals surface area (Å²) >= 11 is 0. The van der Waals surface area contributed by atoms with Gasteiger partial charge in [0.2, 0.25) is 0 Å². The summed E-state index contributed by atoms with van der Waals surface area (Å²) < 4.78 is 11.8. The minimum atomic E-state index is 0. The van der Waals surface area contributed by atoms with Crippen LogP contribution in [0.25, 0.3) is 0 Å². The molecular weight excluding hydrogens is 417 g/mol. The predicted molar refractivity (Wildman–Crippen MR) is 107 cm³/mol. The molecule has 2 saturated heterocycles. The van der Waals surface area contributed by atoms with Gasteiger partial charge < -0.3 is 20.1 Å². The Balaban J connectivity index is 0.00000208. The standard InChI is InChI=1S/C18H27N3O2.HI/c1-12-4-6-14(7-5-12)22-13(2)11-20-18(19-3)21-16-10-15-8-9-17(16)23-15;/h4-7,13,15-17H,8-11H2,1-3H3,(H2,19,20,21);1H. The third-order valence-corrected chi connectivity index (χ3v) is 4.57. The Morgan fingerprint density at radius 3 is 2.67 bits per heavy atom. The van der Waals surface area contributed by atoms with Crippen molar-refractivity contribution >= 4 is 29.9 Å². The molecule has 2 aliphatic rings. The first-order valence-corrected chi connectivity index (χ1v) is 8.50. The minimum absolute atomic E-state index is 0. The Labute approximate surface area is 161 Å². The van der Waals surface area contributed by atoms with Gasteiger partial charge in [-0.2, -0.15) is 0 Å². The van der Waals surface area contributed by atoms with E-state index < -0.39 is 0 Å². The highest BCUT2D eigenvalue weighted by Gasteiger charge is 2.41. The van der Waals surface area contributed by atoms with Gasteiger partial charge in [-0.3, -0.25) is 4.99 Å². The fourth-order valence-corrected chi connectivity index (χ4v) is 3.29. The van der Waals surface area contributed by atoms with Gasteiger partial charge in [0.15, 0.2) is 5.96 Å². The van der Waals surface area contributed by atoms with Crippen LogP contribution in [-0.4, -0.2) is 43.9 Å². The number of ether oxygens (including phenoxy) is 2. The highest BCUT2D eigenvalue weighted by atomic mass is 127. The molecule has 0 aromatic heterocycles. The van der Waals surface area contributed by atoms with E-state index in [2.05, 4.69) is 41.6 Å². The number of nitrogens with zero attached hydrogens (tertiary/aromatic N) is 1. The summed E-state index contributed by atoms with van der Waals surface area (Å²) in [6.07, 6.45) is 4.30. The highest BCUT2D eigenvalue weighted by Crippen LogP contribution is 2.34. The third kappa shape index (κ3) is 4.99. The third-order valence-electron chi connectivity index (χ3n) is 4.57. The lowest BCUT2D eigenvalue weighted by atomic mass is 9.96. The Morgan fingerprint density at radius 2 is 2.08 bits per heavy atom. The number of aryl methyl sites for hydroxylation is 1. The van der Waals surface area contributed by atoms with E-state index in [1.54, 1.807) is 7.05 Å². The Morgan fingerprint density at radius 1 is 1.33 bits per heavy atom. The fraction of sp³-hybridized carbons (Fsp3) is 0.611. The maximum atomic E-state index is 5.91. The lowest BCUT2D eigenvalue weighted by molar-refractivity contribution is 0.0992. The first kappa shape index (κ1) is 19.3. The molecule has 2 N–H and O–H groups in total. The van der Waals surface area contributed by atoms with Gasteiger partial charge in [-0.15, -0.1) is 24.0 Å². The predicted octanol–water partition coefficient (Wildman–Crippen LogP) is 2.87. The normalized spacial score (nSPS) is 26.6. The Kier molecular flexibility index (Phi) is 7.16. The molecule has 6 heteroatoms. The van der Waals surface area contributed by atoms with Crippen molar-refractivity contribution in [2.24, 2.45) is 4.99 Å². The van der Waals surface area contributed by atoms with Gasteiger partial charge in [0.25, 0.3) is 0 Å². The number of aliphatic imine (C=N–C) groups is 1. The SMILES string of the molecule is CN=C(NCC(C)Oc1ccc(C)cc1)NC1CC2CCC1O2.I. The van der Waals surface area contributed by atoms with Crippen LogP contribution >= 0.6 is 24.0 Å². The lowest BCUT2D eigenvalue weighted by Gasteiger charge is -2.23. The molecule has 3 rings (SSSR count). The monoisotopic (exact) mass is 445 g/mol. The zero-order chi connectivity index (χ0) is 16.2. The molecule has 5 nitrogen and oxygen atoms in total. The van der Waals surface area contributed by atoms with E-state index in [-0.39, 0.29) is 30.1 Å². The topological polar surface area (TPSA) is 54.9 Å². The van der Waals surface area contributed by atoms with Crippen LogP contribution in [0, 0.1) is 6.92 Å². The number of nitrogens with one attached hydrogen (secondary N) is 2. The van der Waals surface area contributed by atoms with E-state index in [1.165, 1.54) is 12.0 Å². The fourth-order valence-electron chi connectivity index (χ4n) is 3.29. The van der Waals surface area contributed by atoms with Gasteiger partial charge >= 0.3 is 0 Å². The molecule has 2 heterocycles. The van der Waals surface area contributed by atoms with Crippen molar-refractivity contribution in [1.82, 2.24) is 10.6 Å². The summed E-state index contributed by atoms with van der Waals surface area (Å²) in [5.74, 6) is 1.72. The number of fused-ring (bicyclic) bond motifs is 2. The maximum Gasteiger partial charge on any atom is 0.191 e. The van der Waals surface area contributed by atoms with Gasteiger partial charge in [0.1, 0.15) is 11.9 Å². The summed E-state index contributed by atoms with van der Waals surface area (Å²) in [6, 6.07) is 8.51. The molecular formula is C18H28IN3O2. The van der Waals surface area contributed by atoms with Crippen molar-refractivity contribution in [3.05, 3.63) is 29.8 Å². The smallest absolute Gasteiger partial charge is 0.191 e. The molecule has 134 valence electrons. The van der Waals surface area contributed by atoms with Gasteiger partial charge in [0, 0.05) is 7.05 Å². The van der Waals surface area contributed by atoms with Crippen LogP contribution in [0.4, 0.5) is 0 Å². The number of hydrogen-bond acceptors (Lipinski definition) is 3.